The van der Waals surface area contributed by atoms with Crippen molar-refractivity contribution < 1.29 is 9.47 Å². The SMILES string of the molecule is CC(C)[C@H]1C[C@H]2CCO[C@H]2O1. The predicted octanol–water partition coefficient (Wildman–Crippen LogP) is 1.79. The highest BCUT2D eigenvalue weighted by molar-refractivity contribution is 4.82. The van der Waals surface area contributed by atoms with Gasteiger partial charge in [0.15, 0.2) is 6.29 Å². The lowest BCUT2D eigenvalue weighted by molar-refractivity contribution is -0.125. The Hall–Kier alpha value is -0.0800. The first-order chi connectivity index (χ1) is 5.27. The summed E-state index contributed by atoms with van der Waals surface area (Å²) in [6.45, 7) is 5.33. The molecule has 64 valence electrons. The van der Waals surface area contributed by atoms with E-state index in [1.54, 1.807) is 0 Å². The molecule has 0 aromatic carbocycles. The third-order valence-electron chi connectivity index (χ3n) is 2.74. The fourth-order valence-electron chi connectivity index (χ4n) is 1.94. The molecule has 2 aliphatic heterocycles. The van der Waals surface area contributed by atoms with Gasteiger partial charge in [0.25, 0.3) is 0 Å². The molecular weight excluding hydrogens is 140 g/mol. The molecule has 0 N–H and O–H groups in total. The monoisotopic (exact) mass is 156 g/mol. The summed E-state index contributed by atoms with van der Waals surface area (Å²) in [5.41, 5.74) is 0. The summed E-state index contributed by atoms with van der Waals surface area (Å²) in [4.78, 5) is 0. The van der Waals surface area contributed by atoms with E-state index in [1.165, 1.54) is 12.8 Å². The Kier molecular flexibility index (Phi) is 1.90. The van der Waals surface area contributed by atoms with E-state index in [1.807, 2.05) is 0 Å². The van der Waals surface area contributed by atoms with Gasteiger partial charge in [0, 0.05) is 5.92 Å². The minimum absolute atomic E-state index is 0.141. The third kappa shape index (κ3) is 1.30. The maximum absolute atomic E-state index is 5.72. The minimum Gasteiger partial charge on any atom is -0.352 e. The van der Waals surface area contributed by atoms with E-state index in [0.717, 1.165) is 6.61 Å². The van der Waals surface area contributed by atoms with Crippen LogP contribution >= 0.6 is 0 Å². The van der Waals surface area contributed by atoms with Crippen molar-refractivity contribution >= 4 is 0 Å². The first kappa shape index (κ1) is 7.56. The highest BCUT2D eigenvalue weighted by Gasteiger charge is 2.40. The Bertz CT molecular complexity index is 132. The summed E-state index contributed by atoms with van der Waals surface area (Å²) in [7, 11) is 0. The fraction of sp³-hybridized carbons (Fsp3) is 1.00. The Morgan fingerprint density at radius 1 is 1.36 bits per heavy atom. The number of hydrogen-bond acceptors (Lipinski definition) is 2. The number of hydrogen-bond donors (Lipinski definition) is 0. The molecule has 2 heterocycles. The van der Waals surface area contributed by atoms with Crippen molar-refractivity contribution in [2.45, 2.75) is 39.1 Å². The van der Waals surface area contributed by atoms with Gasteiger partial charge in [-0.15, -0.1) is 0 Å². The van der Waals surface area contributed by atoms with Crippen molar-refractivity contribution in [2.75, 3.05) is 6.61 Å². The summed E-state index contributed by atoms with van der Waals surface area (Å²) < 4.78 is 11.2. The van der Waals surface area contributed by atoms with Crippen LogP contribution in [0.15, 0.2) is 0 Å². The van der Waals surface area contributed by atoms with Crippen molar-refractivity contribution in [1.29, 1.82) is 0 Å². The average Bonchev–Trinajstić information content (AvgIpc) is 2.40. The topological polar surface area (TPSA) is 18.5 Å². The maximum atomic E-state index is 5.72. The molecule has 0 unspecified atom stereocenters. The van der Waals surface area contributed by atoms with Crippen LogP contribution in [0.5, 0.6) is 0 Å². The Morgan fingerprint density at radius 2 is 2.18 bits per heavy atom. The molecule has 2 fully saturated rings. The zero-order valence-corrected chi connectivity index (χ0v) is 7.25. The van der Waals surface area contributed by atoms with Gasteiger partial charge < -0.3 is 9.47 Å². The normalized spacial score (nSPS) is 43.4. The van der Waals surface area contributed by atoms with Gasteiger partial charge in [0.05, 0.1) is 12.7 Å². The Balaban J connectivity index is 1.94. The van der Waals surface area contributed by atoms with E-state index in [9.17, 15) is 0 Å². The summed E-state index contributed by atoms with van der Waals surface area (Å²) in [5.74, 6) is 1.34. The second-order valence-electron chi connectivity index (χ2n) is 3.94. The van der Waals surface area contributed by atoms with Crippen molar-refractivity contribution in [3.63, 3.8) is 0 Å². The van der Waals surface area contributed by atoms with Gasteiger partial charge >= 0.3 is 0 Å². The molecular formula is C9H16O2. The van der Waals surface area contributed by atoms with Crippen LogP contribution in [-0.2, 0) is 9.47 Å². The van der Waals surface area contributed by atoms with Crippen LogP contribution in [0.1, 0.15) is 26.7 Å². The van der Waals surface area contributed by atoms with Crippen LogP contribution in [-0.4, -0.2) is 19.0 Å². The highest BCUT2D eigenvalue weighted by Crippen LogP contribution is 2.37. The summed E-state index contributed by atoms with van der Waals surface area (Å²) in [6, 6.07) is 0. The van der Waals surface area contributed by atoms with Crippen molar-refractivity contribution in [2.24, 2.45) is 11.8 Å². The van der Waals surface area contributed by atoms with Gasteiger partial charge in [-0.3, -0.25) is 0 Å². The molecule has 2 nitrogen and oxygen atoms in total. The lowest BCUT2D eigenvalue weighted by atomic mass is 9.97. The summed E-state index contributed by atoms with van der Waals surface area (Å²) in [6.07, 6.45) is 3.00. The summed E-state index contributed by atoms with van der Waals surface area (Å²) in [5, 5.41) is 0. The molecule has 11 heavy (non-hydrogen) atoms. The van der Waals surface area contributed by atoms with Gasteiger partial charge in [-0.2, -0.15) is 0 Å². The number of fused-ring (bicyclic) bond motifs is 1. The molecule has 2 aliphatic rings. The van der Waals surface area contributed by atoms with Gasteiger partial charge in [0.2, 0.25) is 0 Å². The van der Waals surface area contributed by atoms with Crippen molar-refractivity contribution in [3.8, 4) is 0 Å². The first-order valence-corrected chi connectivity index (χ1v) is 4.54. The lowest BCUT2D eigenvalue weighted by Gasteiger charge is -2.15. The molecule has 0 aromatic rings. The Labute approximate surface area is 67.9 Å². The first-order valence-electron chi connectivity index (χ1n) is 4.54. The minimum atomic E-state index is 0.141. The van der Waals surface area contributed by atoms with Crippen molar-refractivity contribution in [3.05, 3.63) is 0 Å². The van der Waals surface area contributed by atoms with E-state index in [-0.39, 0.29) is 6.29 Å². The smallest absolute Gasteiger partial charge is 0.160 e. The number of ether oxygens (including phenoxy) is 2. The third-order valence-corrected chi connectivity index (χ3v) is 2.74. The molecule has 2 saturated heterocycles. The molecule has 0 bridgehead atoms. The zero-order valence-electron chi connectivity index (χ0n) is 7.25. The van der Waals surface area contributed by atoms with Gasteiger partial charge in [-0.05, 0) is 18.8 Å². The van der Waals surface area contributed by atoms with Gasteiger partial charge in [-0.25, -0.2) is 0 Å². The molecule has 0 amide bonds. The van der Waals surface area contributed by atoms with E-state index in [4.69, 9.17) is 9.47 Å². The largest absolute Gasteiger partial charge is 0.352 e. The van der Waals surface area contributed by atoms with Gasteiger partial charge in [0.1, 0.15) is 0 Å². The van der Waals surface area contributed by atoms with E-state index in [0.29, 0.717) is 17.9 Å². The molecule has 2 heteroatoms. The molecule has 0 aromatic heterocycles. The maximum Gasteiger partial charge on any atom is 0.160 e. The zero-order chi connectivity index (χ0) is 7.84. The van der Waals surface area contributed by atoms with Crippen LogP contribution in [0.2, 0.25) is 0 Å². The van der Waals surface area contributed by atoms with Crippen LogP contribution in [0.4, 0.5) is 0 Å². The van der Waals surface area contributed by atoms with E-state index in [2.05, 4.69) is 13.8 Å². The van der Waals surface area contributed by atoms with Crippen LogP contribution in [0, 0.1) is 11.8 Å². The predicted molar refractivity (Wildman–Crippen MR) is 42.2 cm³/mol. The van der Waals surface area contributed by atoms with E-state index < -0.39 is 0 Å². The number of rotatable bonds is 1. The highest BCUT2D eigenvalue weighted by atomic mass is 16.7. The standard InChI is InChI=1S/C9H16O2/c1-6(2)8-5-7-3-4-10-9(7)11-8/h6-9H,3-5H2,1-2H3/t7-,8-,9+/m1/s1. The molecule has 2 rings (SSSR count). The lowest BCUT2D eigenvalue weighted by Crippen LogP contribution is -2.17. The average molecular weight is 156 g/mol. The van der Waals surface area contributed by atoms with E-state index >= 15 is 0 Å². The molecule has 0 aliphatic carbocycles. The summed E-state index contributed by atoms with van der Waals surface area (Å²) >= 11 is 0. The molecule has 0 saturated carbocycles. The molecule has 0 radical (unpaired) electrons. The fourth-order valence-corrected chi connectivity index (χ4v) is 1.94. The van der Waals surface area contributed by atoms with Crippen LogP contribution < -0.4 is 0 Å². The second-order valence-corrected chi connectivity index (χ2v) is 3.94. The second kappa shape index (κ2) is 2.76. The quantitative estimate of drug-likeness (QED) is 0.576. The molecule has 3 atom stereocenters. The van der Waals surface area contributed by atoms with Crippen LogP contribution in [0.25, 0.3) is 0 Å². The Morgan fingerprint density at radius 3 is 2.82 bits per heavy atom. The van der Waals surface area contributed by atoms with Crippen molar-refractivity contribution in [1.82, 2.24) is 0 Å². The van der Waals surface area contributed by atoms with Gasteiger partial charge in [-0.1, -0.05) is 13.8 Å². The molecule has 0 spiro atoms. The van der Waals surface area contributed by atoms with Crippen LogP contribution in [0.3, 0.4) is 0 Å².